The maximum atomic E-state index is 11.6. The number of nitrogen functional groups attached to an aromatic ring is 1. The van der Waals surface area contributed by atoms with Crippen molar-refractivity contribution in [1.82, 2.24) is 9.55 Å². The summed E-state index contributed by atoms with van der Waals surface area (Å²) in [7, 11) is 0. The molecule has 0 bridgehead atoms. The Hall–Kier alpha value is -3.08. The SMILES string of the molecule is N#Cc1[nH]c(=O)n(-c2ccc([N+](=O)[O-])cc2)c1N. The van der Waals surface area contributed by atoms with Gasteiger partial charge in [-0.25, -0.2) is 9.36 Å². The minimum absolute atomic E-state index is 0.0312. The van der Waals surface area contributed by atoms with Crippen LogP contribution in [0, 0.1) is 21.4 Å². The molecule has 18 heavy (non-hydrogen) atoms. The summed E-state index contributed by atoms with van der Waals surface area (Å²) in [6.07, 6.45) is 0. The lowest BCUT2D eigenvalue weighted by molar-refractivity contribution is -0.384. The molecule has 8 heteroatoms. The van der Waals surface area contributed by atoms with Crippen LogP contribution in [0.5, 0.6) is 0 Å². The molecule has 0 saturated heterocycles. The van der Waals surface area contributed by atoms with Crippen molar-refractivity contribution in [3.05, 3.63) is 50.6 Å². The van der Waals surface area contributed by atoms with Gasteiger partial charge < -0.3 is 5.73 Å². The van der Waals surface area contributed by atoms with Crippen LogP contribution in [0.25, 0.3) is 5.69 Å². The van der Waals surface area contributed by atoms with E-state index in [1.165, 1.54) is 24.3 Å². The number of benzene rings is 1. The Kier molecular flexibility index (Phi) is 2.57. The van der Waals surface area contributed by atoms with Gasteiger partial charge >= 0.3 is 5.69 Å². The monoisotopic (exact) mass is 245 g/mol. The van der Waals surface area contributed by atoms with Crippen LogP contribution >= 0.6 is 0 Å². The third-order valence-electron chi connectivity index (χ3n) is 2.36. The second kappa shape index (κ2) is 4.06. The molecule has 0 aliphatic heterocycles. The number of H-pyrrole nitrogens is 1. The van der Waals surface area contributed by atoms with E-state index in [-0.39, 0.29) is 17.2 Å². The molecule has 3 N–H and O–H groups in total. The zero-order valence-corrected chi connectivity index (χ0v) is 8.95. The number of non-ortho nitro benzene ring substituents is 1. The normalized spacial score (nSPS) is 9.94. The molecule has 2 rings (SSSR count). The van der Waals surface area contributed by atoms with Crippen molar-refractivity contribution >= 4 is 11.5 Å². The Labute approximate surface area is 100 Å². The van der Waals surface area contributed by atoms with E-state index in [1.54, 1.807) is 6.07 Å². The van der Waals surface area contributed by atoms with E-state index in [0.717, 1.165) is 4.57 Å². The summed E-state index contributed by atoms with van der Waals surface area (Å²) in [5.41, 5.74) is 5.26. The topological polar surface area (TPSA) is 131 Å². The van der Waals surface area contributed by atoms with Gasteiger partial charge in [0, 0.05) is 12.1 Å². The first kappa shape index (κ1) is 11.4. The molecule has 0 amide bonds. The number of aromatic nitrogens is 2. The van der Waals surface area contributed by atoms with Gasteiger partial charge in [-0.2, -0.15) is 5.26 Å². The number of imidazole rings is 1. The van der Waals surface area contributed by atoms with Crippen molar-refractivity contribution in [3.63, 3.8) is 0 Å². The van der Waals surface area contributed by atoms with Crippen LogP contribution in [0.3, 0.4) is 0 Å². The summed E-state index contributed by atoms with van der Waals surface area (Å²) in [4.78, 5) is 23.8. The van der Waals surface area contributed by atoms with Crippen molar-refractivity contribution in [2.24, 2.45) is 0 Å². The highest BCUT2D eigenvalue weighted by Crippen LogP contribution is 2.17. The second-order valence-corrected chi connectivity index (χ2v) is 3.41. The van der Waals surface area contributed by atoms with Gasteiger partial charge in [0.15, 0.2) is 5.69 Å². The van der Waals surface area contributed by atoms with Gasteiger partial charge in [-0.3, -0.25) is 15.1 Å². The third kappa shape index (κ3) is 1.69. The molecule has 90 valence electrons. The maximum absolute atomic E-state index is 11.6. The van der Waals surface area contributed by atoms with E-state index in [2.05, 4.69) is 4.98 Å². The fraction of sp³-hybridized carbons (Fsp3) is 0. The highest BCUT2D eigenvalue weighted by atomic mass is 16.6. The standard InChI is InChI=1S/C10H7N5O3/c11-5-8-9(12)14(10(16)13-8)6-1-3-7(4-2-6)15(17)18/h1-4H,12H2,(H,13,16). The second-order valence-electron chi connectivity index (χ2n) is 3.41. The quantitative estimate of drug-likeness (QED) is 0.588. The third-order valence-corrected chi connectivity index (χ3v) is 2.36. The van der Waals surface area contributed by atoms with Crippen LogP contribution in [0.15, 0.2) is 29.1 Å². The number of aromatic amines is 1. The van der Waals surface area contributed by atoms with E-state index in [0.29, 0.717) is 5.69 Å². The zero-order valence-electron chi connectivity index (χ0n) is 8.95. The Morgan fingerprint density at radius 2 is 2.00 bits per heavy atom. The van der Waals surface area contributed by atoms with E-state index in [1.807, 2.05) is 0 Å². The molecular formula is C10H7N5O3. The first-order valence-electron chi connectivity index (χ1n) is 4.80. The van der Waals surface area contributed by atoms with E-state index >= 15 is 0 Å². The molecule has 0 atom stereocenters. The van der Waals surface area contributed by atoms with Gasteiger partial charge in [-0.1, -0.05) is 0 Å². The number of hydrogen-bond donors (Lipinski definition) is 2. The first-order chi connectivity index (χ1) is 8.54. The van der Waals surface area contributed by atoms with E-state index in [9.17, 15) is 14.9 Å². The van der Waals surface area contributed by atoms with Gasteiger partial charge in [0.1, 0.15) is 11.9 Å². The van der Waals surface area contributed by atoms with Gasteiger partial charge in [-0.05, 0) is 12.1 Å². The molecule has 0 saturated carbocycles. The molecule has 8 nitrogen and oxygen atoms in total. The molecule has 0 aliphatic carbocycles. The fourth-order valence-corrected chi connectivity index (χ4v) is 1.51. The first-order valence-corrected chi connectivity index (χ1v) is 4.80. The lowest BCUT2D eigenvalue weighted by Gasteiger charge is -2.02. The number of nitro benzene ring substituents is 1. The van der Waals surface area contributed by atoms with Crippen molar-refractivity contribution in [2.75, 3.05) is 5.73 Å². The molecule has 1 heterocycles. The highest BCUT2D eigenvalue weighted by Gasteiger charge is 2.13. The predicted octanol–water partition coefficient (Wildman–Crippen LogP) is 0.528. The molecule has 0 aliphatic rings. The molecular weight excluding hydrogens is 238 g/mol. The molecule has 1 aromatic carbocycles. The number of nitro groups is 1. The molecule has 0 unspecified atom stereocenters. The van der Waals surface area contributed by atoms with E-state index < -0.39 is 10.6 Å². The zero-order chi connectivity index (χ0) is 13.3. The molecule has 0 fully saturated rings. The number of nitrogens with two attached hydrogens (primary N) is 1. The van der Waals surface area contributed by atoms with Gasteiger partial charge in [0.05, 0.1) is 10.6 Å². The van der Waals surface area contributed by atoms with E-state index in [4.69, 9.17) is 11.0 Å². The summed E-state index contributed by atoms with van der Waals surface area (Å²) in [6.45, 7) is 0. The van der Waals surface area contributed by atoms with Gasteiger partial charge in [-0.15, -0.1) is 0 Å². The average molecular weight is 245 g/mol. The summed E-state index contributed by atoms with van der Waals surface area (Å²) in [5.74, 6) is -0.0312. The smallest absolute Gasteiger partial charge is 0.332 e. The van der Waals surface area contributed by atoms with Crippen molar-refractivity contribution in [1.29, 1.82) is 5.26 Å². The number of anilines is 1. The summed E-state index contributed by atoms with van der Waals surface area (Å²) in [5, 5.41) is 19.2. The van der Waals surface area contributed by atoms with Crippen LogP contribution in [0.4, 0.5) is 11.5 Å². The summed E-state index contributed by atoms with van der Waals surface area (Å²) < 4.78 is 1.07. The number of nitrogens with zero attached hydrogens (tertiary/aromatic N) is 3. The summed E-state index contributed by atoms with van der Waals surface area (Å²) in [6, 6.07) is 7.01. The average Bonchev–Trinajstić information content (AvgIpc) is 2.64. The Balaban J connectivity index is 2.57. The number of nitrogens with one attached hydrogen (secondary N) is 1. The molecule has 0 spiro atoms. The lowest BCUT2D eigenvalue weighted by Crippen LogP contribution is -2.16. The maximum Gasteiger partial charge on any atom is 0.332 e. The molecule has 2 aromatic rings. The largest absolute Gasteiger partial charge is 0.382 e. The Morgan fingerprint density at radius 3 is 2.44 bits per heavy atom. The minimum Gasteiger partial charge on any atom is -0.382 e. The number of rotatable bonds is 2. The Bertz CT molecular complexity index is 705. The van der Waals surface area contributed by atoms with Crippen LogP contribution in [-0.4, -0.2) is 14.5 Å². The van der Waals surface area contributed by atoms with Crippen LogP contribution in [0.2, 0.25) is 0 Å². The number of nitriles is 1. The minimum atomic E-state index is -0.571. The molecule has 1 aromatic heterocycles. The highest BCUT2D eigenvalue weighted by molar-refractivity contribution is 5.52. The lowest BCUT2D eigenvalue weighted by atomic mass is 10.3. The van der Waals surface area contributed by atoms with Crippen LogP contribution in [0.1, 0.15) is 5.69 Å². The van der Waals surface area contributed by atoms with Gasteiger partial charge in [0.25, 0.3) is 5.69 Å². The fourth-order valence-electron chi connectivity index (χ4n) is 1.51. The van der Waals surface area contributed by atoms with Crippen molar-refractivity contribution in [3.8, 4) is 11.8 Å². The van der Waals surface area contributed by atoms with Crippen LogP contribution < -0.4 is 11.4 Å². The Morgan fingerprint density at radius 1 is 1.39 bits per heavy atom. The number of hydrogen-bond acceptors (Lipinski definition) is 5. The van der Waals surface area contributed by atoms with Crippen molar-refractivity contribution < 1.29 is 4.92 Å². The van der Waals surface area contributed by atoms with Gasteiger partial charge in [0.2, 0.25) is 0 Å². The van der Waals surface area contributed by atoms with Crippen LogP contribution in [-0.2, 0) is 0 Å². The predicted molar refractivity (Wildman–Crippen MR) is 62.2 cm³/mol. The summed E-state index contributed by atoms with van der Waals surface area (Å²) >= 11 is 0. The van der Waals surface area contributed by atoms with Crippen molar-refractivity contribution in [2.45, 2.75) is 0 Å². The molecule has 0 radical (unpaired) electrons.